The van der Waals surface area contributed by atoms with Crippen LogP contribution in [0.2, 0.25) is 0 Å². The number of carbonyl (C=O) groups excluding carboxylic acids is 2. The molecule has 8 heteroatoms. The van der Waals surface area contributed by atoms with Crippen molar-refractivity contribution in [1.29, 1.82) is 0 Å². The summed E-state index contributed by atoms with van der Waals surface area (Å²) in [4.78, 5) is 26.3. The summed E-state index contributed by atoms with van der Waals surface area (Å²) in [6, 6.07) is 6.19. The number of piperidine rings is 1. The minimum absolute atomic E-state index is 0.0582. The highest BCUT2D eigenvalue weighted by atomic mass is 19.1. The molecule has 2 amide bonds. The smallest absolute Gasteiger partial charge is 0.254 e. The van der Waals surface area contributed by atoms with Crippen LogP contribution in [0.4, 0.5) is 4.39 Å². The lowest BCUT2D eigenvalue weighted by Crippen LogP contribution is -2.47. The van der Waals surface area contributed by atoms with Crippen molar-refractivity contribution in [1.82, 2.24) is 25.3 Å². The molecule has 0 atom stereocenters. The number of rotatable bonds is 6. The van der Waals surface area contributed by atoms with Crippen LogP contribution in [-0.4, -0.2) is 52.2 Å². The maximum atomic E-state index is 12.9. The standard InChI is InChI=1S/C19H24FN5O2/c1-24-12-15(11-22-24)19(27)23-17-6-8-25(9-7-17)13-18(26)21-10-14-2-4-16(20)5-3-14/h2-5,11-12,17H,6-10,13H2,1H3,(H,21,26)(H,23,27). The molecule has 0 unspecified atom stereocenters. The van der Waals surface area contributed by atoms with E-state index in [0.29, 0.717) is 18.7 Å². The first-order valence-electron chi connectivity index (χ1n) is 9.02. The molecular weight excluding hydrogens is 349 g/mol. The van der Waals surface area contributed by atoms with Crippen molar-refractivity contribution in [3.05, 3.63) is 53.6 Å². The fraction of sp³-hybridized carbons (Fsp3) is 0.421. The monoisotopic (exact) mass is 373 g/mol. The third-order valence-electron chi connectivity index (χ3n) is 4.66. The summed E-state index contributed by atoms with van der Waals surface area (Å²) in [5.41, 5.74) is 1.42. The predicted octanol–water partition coefficient (Wildman–Crippen LogP) is 1.07. The number of likely N-dealkylation sites (tertiary alicyclic amines) is 1. The number of halogens is 1. The Balaban J connectivity index is 1.36. The molecule has 1 saturated heterocycles. The van der Waals surface area contributed by atoms with Gasteiger partial charge in [0.05, 0.1) is 18.3 Å². The molecule has 1 aliphatic rings. The zero-order chi connectivity index (χ0) is 19.2. The van der Waals surface area contributed by atoms with E-state index in [4.69, 9.17) is 0 Å². The fourth-order valence-electron chi connectivity index (χ4n) is 3.10. The minimum atomic E-state index is -0.288. The Morgan fingerprint density at radius 3 is 2.56 bits per heavy atom. The molecule has 0 spiro atoms. The van der Waals surface area contributed by atoms with Crippen LogP contribution in [0.25, 0.3) is 0 Å². The van der Waals surface area contributed by atoms with Crippen LogP contribution in [0.3, 0.4) is 0 Å². The fourth-order valence-corrected chi connectivity index (χ4v) is 3.10. The molecule has 3 rings (SSSR count). The second-order valence-corrected chi connectivity index (χ2v) is 6.83. The van der Waals surface area contributed by atoms with E-state index < -0.39 is 0 Å². The van der Waals surface area contributed by atoms with Gasteiger partial charge >= 0.3 is 0 Å². The number of aryl methyl sites for hydroxylation is 1. The van der Waals surface area contributed by atoms with Crippen LogP contribution in [0.1, 0.15) is 28.8 Å². The second kappa shape index (κ2) is 8.77. The van der Waals surface area contributed by atoms with E-state index in [0.717, 1.165) is 31.5 Å². The Bertz CT molecular complexity index is 782. The average Bonchev–Trinajstić information content (AvgIpc) is 3.09. The molecule has 0 radical (unpaired) electrons. The van der Waals surface area contributed by atoms with E-state index in [1.54, 1.807) is 36.3 Å². The first-order chi connectivity index (χ1) is 13.0. The molecule has 27 heavy (non-hydrogen) atoms. The molecular formula is C19H24FN5O2. The number of nitrogens with zero attached hydrogens (tertiary/aromatic N) is 3. The molecule has 0 aliphatic carbocycles. The van der Waals surface area contributed by atoms with E-state index in [9.17, 15) is 14.0 Å². The van der Waals surface area contributed by atoms with Gasteiger partial charge in [0, 0.05) is 38.9 Å². The summed E-state index contributed by atoms with van der Waals surface area (Å²) >= 11 is 0. The molecule has 1 fully saturated rings. The Labute approximate surface area is 157 Å². The molecule has 1 aliphatic heterocycles. The summed E-state index contributed by atoms with van der Waals surface area (Å²) in [6.07, 6.45) is 4.85. The molecule has 2 N–H and O–H groups in total. The van der Waals surface area contributed by atoms with E-state index in [1.807, 2.05) is 0 Å². The van der Waals surface area contributed by atoms with Gasteiger partial charge in [-0.2, -0.15) is 5.10 Å². The van der Waals surface area contributed by atoms with Crippen LogP contribution in [0.15, 0.2) is 36.7 Å². The van der Waals surface area contributed by atoms with Crippen molar-refractivity contribution >= 4 is 11.8 Å². The van der Waals surface area contributed by atoms with Gasteiger partial charge in [0.15, 0.2) is 0 Å². The van der Waals surface area contributed by atoms with Gasteiger partial charge in [-0.1, -0.05) is 12.1 Å². The lowest BCUT2D eigenvalue weighted by Gasteiger charge is -2.31. The van der Waals surface area contributed by atoms with Crippen LogP contribution in [0, 0.1) is 5.82 Å². The third kappa shape index (κ3) is 5.62. The maximum absolute atomic E-state index is 12.9. The zero-order valence-corrected chi connectivity index (χ0v) is 15.3. The van der Waals surface area contributed by atoms with Gasteiger partial charge in [0.25, 0.3) is 5.91 Å². The normalized spacial score (nSPS) is 15.5. The SMILES string of the molecule is Cn1cc(C(=O)NC2CCN(CC(=O)NCc3ccc(F)cc3)CC2)cn1. The van der Waals surface area contributed by atoms with Gasteiger partial charge in [-0.15, -0.1) is 0 Å². The highest BCUT2D eigenvalue weighted by Gasteiger charge is 2.22. The maximum Gasteiger partial charge on any atom is 0.254 e. The number of carbonyl (C=O) groups is 2. The second-order valence-electron chi connectivity index (χ2n) is 6.83. The van der Waals surface area contributed by atoms with E-state index in [-0.39, 0.29) is 23.7 Å². The molecule has 0 bridgehead atoms. The Kier molecular flexibility index (Phi) is 6.18. The average molecular weight is 373 g/mol. The Morgan fingerprint density at radius 1 is 1.22 bits per heavy atom. The van der Waals surface area contributed by atoms with Crippen molar-refractivity contribution in [2.24, 2.45) is 7.05 Å². The summed E-state index contributed by atoms with van der Waals surface area (Å²) in [7, 11) is 1.77. The van der Waals surface area contributed by atoms with Gasteiger partial charge in [-0.3, -0.25) is 19.2 Å². The molecule has 1 aromatic carbocycles. The number of benzene rings is 1. The van der Waals surface area contributed by atoms with E-state index >= 15 is 0 Å². The predicted molar refractivity (Wildman–Crippen MR) is 98.4 cm³/mol. The first kappa shape index (κ1) is 19.0. The number of hydrogen-bond acceptors (Lipinski definition) is 4. The summed E-state index contributed by atoms with van der Waals surface area (Å²) in [6.45, 7) is 2.21. The number of hydrogen-bond donors (Lipinski definition) is 2. The molecule has 1 aromatic heterocycles. The van der Waals surface area contributed by atoms with Gasteiger partial charge in [-0.25, -0.2) is 4.39 Å². The van der Waals surface area contributed by atoms with Gasteiger partial charge in [-0.05, 0) is 30.5 Å². The van der Waals surface area contributed by atoms with E-state index in [2.05, 4.69) is 20.6 Å². The lowest BCUT2D eigenvalue weighted by molar-refractivity contribution is -0.122. The number of amides is 2. The summed E-state index contributed by atoms with van der Waals surface area (Å²) in [5.74, 6) is -0.459. The quantitative estimate of drug-likeness (QED) is 0.794. The Hall–Kier alpha value is -2.74. The van der Waals surface area contributed by atoms with Crippen molar-refractivity contribution in [3.63, 3.8) is 0 Å². The largest absolute Gasteiger partial charge is 0.351 e. The minimum Gasteiger partial charge on any atom is -0.351 e. The highest BCUT2D eigenvalue weighted by molar-refractivity contribution is 5.93. The summed E-state index contributed by atoms with van der Waals surface area (Å²) < 4.78 is 14.5. The van der Waals surface area contributed by atoms with Gasteiger partial charge < -0.3 is 10.6 Å². The van der Waals surface area contributed by atoms with Crippen molar-refractivity contribution < 1.29 is 14.0 Å². The molecule has 2 aromatic rings. The zero-order valence-electron chi connectivity index (χ0n) is 15.3. The van der Waals surface area contributed by atoms with Crippen molar-refractivity contribution in [3.8, 4) is 0 Å². The summed E-state index contributed by atoms with van der Waals surface area (Å²) in [5, 5.41) is 9.88. The topological polar surface area (TPSA) is 79.3 Å². The van der Waals surface area contributed by atoms with E-state index in [1.165, 1.54) is 12.1 Å². The molecule has 7 nitrogen and oxygen atoms in total. The van der Waals surface area contributed by atoms with Crippen LogP contribution >= 0.6 is 0 Å². The number of aromatic nitrogens is 2. The van der Waals surface area contributed by atoms with Gasteiger partial charge in [0.1, 0.15) is 5.82 Å². The first-order valence-corrected chi connectivity index (χ1v) is 9.02. The van der Waals surface area contributed by atoms with Crippen molar-refractivity contribution in [2.75, 3.05) is 19.6 Å². The lowest BCUT2D eigenvalue weighted by atomic mass is 10.0. The number of nitrogens with one attached hydrogen (secondary N) is 2. The highest BCUT2D eigenvalue weighted by Crippen LogP contribution is 2.11. The molecule has 144 valence electrons. The van der Waals surface area contributed by atoms with Crippen LogP contribution in [-0.2, 0) is 18.4 Å². The van der Waals surface area contributed by atoms with Gasteiger partial charge in [0.2, 0.25) is 5.91 Å². The Morgan fingerprint density at radius 2 is 1.93 bits per heavy atom. The molecule has 0 saturated carbocycles. The van der Waals surface area contributed by atoms with Crippen LogP contribution < -0.4 is 10.6 Å². The van der Waals surface area contributed by atoms with Crippen LogP contribution in [0.5, 0.6) is 0 Å². The third-order valence-corrected chi connectivity index (χ3v) is 4.66. The molecule has 2 heterocycles. The van der Waals surface area contributed by atoms with Crippen molar-refractivity contribution in [2.45, 2.75) is 25.4 Å².